The highest BCUT2D eigenvalue weighted by molar-refractivity contribution is 7.99. The van der Waals surface area contributed by atoms with Crippen LogP contribution in [0.1, 0.15) is 27.3 Å². The molecule has 0 saturated heterocycles. The van der Waals surface area contributed by atoms with Gasteiger partial charge in [0.1, 0.15) is 0 Å². The van der Waals surface area contributed by atoms with Crippen molar-refractivity contribution in [3.8, 4) is 0 Å². The molecule has 0 amide bonds. The van der Waals surface area contributed by atoms with Crippen molar-refractivity contribution >= 4 is 17.7 Å². The smallest absolute Gasteiger partial charge is 0.338 e. The van der Waals surface area contributed by atoms with Crippen LogP contribution >= 0.6 is 11.8 Å². The van der Waals surface area contributed by atoms with Crippen LogP contribution in [0.2, 0.25) is 0 Å². The topological polar surface area (TPSA) is 76.0 Å². The molecule has 19 heavy (non-hydrogen) atoms. The van der Waals surface area contributed by atoms with Gasteiger partial charge in [0, 0.05) is 28.7 Å². The molecule has 0 fully saturated rings. The molecule has 0 unspecified atom stereocenters. The van der Waals surface area contributed by atoms with Crippen molar-refractivity contribution < 1.29 is 9.90 Å². The molecule has 2 heterocycles. The minimum atomic E-state index is -1.00. The van der Waals surface area contributed by atoms with Crippen molar-refractivity contribution in [3.63, 3.8) is 0 Å². The second-order valence-electron chi connectivity index (χ2n) is 4.08. The number of hydrogen-bond acceptors (Lipinski definition) is 5. The van der Waals surface area contributed by atoms with Crippen LogP contribution in [0.5, 0.6) is 0 Å². The van der Waals surface area contributed by atoms with Crippen molar-refractivity contribution in [1.82, 2.24) is 15.0 Å². The molecular formula is C13H13N3O2S. The van der Waals surface area contributed by atoms with Crippen molar-refractivity contribution in [1.29, 1.82) is 0 Å². The molecule has 0 aliphatic carbocycles. The number of rotatable bonds is 3. The van der Waals surface area contributed by atoms with Gasteiger partial charge in [0.05, 0.1) is 5.56 Å². The largest absolute Gasteiger partial charge is 0.478 e. The number of nitrogens with zero attached hydrogens (tertiary/aromatic N) is 3. The van der Waals surface area contributed by atoms with Gasteiger partial charge >= 0.3 is 5.97 Å². The average molecular weight is 275 g/mol. The third-order valence-corrected chi connectivity index (χ3v) is 3.77. The van der Waals surface area contributed by atoms with Crippen LogP contribution in [-0.2, 0) is 0 Å². The summed E-state index contributed by atoms with van der Waals surface area (Å²) in [7, 11) is 0. The summed E-state index contributed by atoms with van der Waals surface area (Å²) in [5, 5.41) is 9.65. The van der Waals surface area contributed by atoms with Crippen molar-refractivity contribution in [3.05, 3.63) is 41.0 Å². The fraction of sp³-hybridized carbons (Fsp3) is 0.231. The van der Waals surface area contributed by atoms with E-state index in [-0.39, 0.29) is 5.56 Å². The molecule has 0 saturated carbocycles. The van der Waals surface area contributed by atoms with Crippen molar-refractivity contribution in [2.24, 2.45) is 0 Å². The van der Waals surface area contributed by atoms with E-state index in [1.807, 2.05) is 20.8 Å². The molecule has 0 atom stereocenters. The van der Waals surface area contributed by atoms with Gasteiger partial charge in [0.25, 0.3) is 0 Å². The Hall–Kier alpha value is -1.95. The molecule has 98 valence electrons. The SMILES string of the molecule is Cc1nc(Sc2ccncc2C(=O)O)nc(C)c1C. The minimum Gasteiger partial charge on any atom is -0.478 e. The van der Waals surface area contributed by atoms with Crippen LogP contribution in [0.15, 0.2) is 28.5 Å². The lowest BCUT2D eigenvalue weighted by Gasteiger charge is -2.07. The summed E-state index contributed by atoms with van der Waals surface area (Å²) < 4.78 is 0. The minimum absolute atomic E-state index is 0.159. The molecule has 0 spiro atoms. The van der Waals surface area contributed by atoms with Gasteiger partial charge in [0.2, 0.25) is 0 Å². The van der Waals surface area contributed by atoms with Crippen molar-refractivity contribution in [2.75, 3.05) is 0 Å². The summed E-state index contributed by atoms with van der Waals surface area (Å²) in [6.07, 6.45) is 2.89. The molecular weight excluding hydrogens is 262 g/mol. The molecule has 0 radical (unpaired) electrons. The monoisotopic (exact) mass is 275 g/mol. The maximum absolute atomic E-state index is 11.1. The summed E-state index contributed by atoms with van der Waals surface area (Å²) in [6, 6.07) is 1.65. The molecule has 0 aliphatic rings. The molecule has 2 aromatic heterocycles. The lowest BCUT2D eigenvalue weighted by atomic mass is 10.2. The zero-order valence-corrected chi connectivity index (χ0v) is 11.7. The fourth-order valence-corrected chi connectivity index (χ4v) is 2.46. The molecule has 1 N–H and O–H groups in total. The Bertz CT molecular complexity index is 621. The van der Waals surface area contributed by atoms with Crippen LogP contribution < -0.4 is 0 Å². The Kier molecular flexibility index (Phi) is 3.80. The first-order valence-electron chi connectivity index (χ1n) is 5.66. The summed E-state index contributed by atoms with van der Waals surface area (Å²) in [5.41, 5.74) is 3.02. The van der Waals surface area contributed by atoms with Gasteiger partial charge in [-0.2, -0.15) is 0 Å². The summed E-state index contributed by atoms with van der Waals surface area (Å²) in [5.74, 6) is -1.00. The van der Waals surface area contributed by atoms with E-state index >= 15 is 0 Å². The van der Waals surface area contributed by atoms with Gasteiger partial charge in [-0.05, 0) is 44.2 Å². The maximum atomic E-state index is 11.1. The second-order valence-corrected chi connectivity index (χ2v) is 5.09. The third-order valence-electron chi connectivity index (χ3n) is 2.82. The lowest BCUT2D eigenvalue weighted by Crippen LogP contribution is -2.01. The molecule has 0 aromatic carbocycles. The molecule has 2 rings (SSSR count). The standard InChI is InChI=1S/C13H13N3O2S/c1-7-8(2)15-13(16-9(7)3)19-11-4-5-14-6-10(11)12(17)18/h4-6H,1-3H3,(H,17,18). The number of aromatic nitrogens is 3. The van der Waals surface area contributed by atoms with Crippen LogP contribution in [0.4, 0.5) is 0 Å². The van der Waals surface area contributed by atoms with Gasteiger partial charge in [0.15, 0.2) is 5.16 Å². The lowest BCUT2D eigenvalue weighted by molar-refractivity contribution is 0.0692. The Morgan fingerprint density at radius 1 is 1.21 bits per heavy atom. The first kappa shape index (κ1) is 13.5. The highest BCUT2D eigenvalue weighted by atomic mass is 32.2. The maximum Gasteiger partial charge on any atom is 0.338 e. The quantitative estimate of drug-likeness (QED) is 0.868. The molecule has 2 aromatic rings. The highest BCUT2D eigenvalue weighted by Crippen LogP contribution is 2.28. The number of carbonyl (C=O) groups is 1. The number of aromatic carboxylic acids is 1. The number of aryl methyl sites for hydroxylation is 2. The Labute approximate surface area is 115 Å². The van der Waals surface area contributed by atoms with E-state index < -0.39 is 5.97 Å². The van der Waals surface area contributed by atoms with E-state index in [4.69, 9.17) is 5.11 Å². The summed E-state index contributed by atoms with van der Waals surface area (Å²) in [4.78, 5) is 24.3. The normalized spacial score (nSPS) is 10.5. The van der Waals surface area contributed by atoms with Crippen LogP contribution in [0.25, 0.3) is 0 Å². The van der Waals surface area contributed by atoms with Gasteiger partial charge in [-0.1, -0.05) is 0 Å². The summed E-state index contributed by atoms with van der Waals surface area (Å²) >= 11 is 1.24. The Morgan fingerprint density at radius 3 is 2.42 bits per heavy atom. The predicted octanol–water partition coefficient (Wildman–Crippen LogP) is 2.65. The van der Waals surface area contributed by atoms with E-state index in [1.54, 1.807) is 12.3 Å². The number of carboxylic acid groups (broad SMARTS) is 1. The predicted molar refractivity (Wildman–Crippen MR) is 71.6 cm³/mol. The zero-order valence-electron chi connectivity index (χ0n) is 10.8. The van der Waals surface area contributed by atoms with Crippen LogP contribution in [0, 0.1) is 20.8 Å². The van der Waals surface area contributed by atoms with E-state index in [0.29, 0.717) is 10.1 Å². The van der Waals surface area contributed by atoms with Gasteiger partial charge in [-0.3, -0.25) is 4.98 Å². The molecule has 6 heteroatoms. The first-order chi connectivity index (χ1) is 8.99. The van der Waals surface area contributed by atoms with Gasteiger partial charge in [-0.15, -0.1) is 0 Å². The number of pyridine rings is 1. The van der Waals surface area contributed by atoms with E-state index in [0.717, 1.165) is 17.0 Å². The van der Waals surface area contributed by atoms with Crippen LogP contribution in [0.3, 0.4) is 0 Å². The fourth-order valence-electron chi connectivity index (χ4n) is 1.52. The Balaban J connectivity index is 2.39. The number of hydrogen-bond donors (Lipinski definition) is 1. The van der Waals surface area contributed by atoms with Crippen LogP contribution in [-0.4, -0.2) is 26.0 Å². The van der Waals surface area contributed by atoms with E-state index in [9.17, 15) is 4.79 Å². The molecule has 0 bridgehead atoms. The highest BCUT2D eigenvalue weighted by Gasteiger charge is 2.13. The Morgan fingerprint density at radius 2 is 1.84 bits per heavy atom. The van der Waals surface area contributed by atoms with Gasteiger partial charge < -0.3 is 5.11 Å². The average Bonchev–Trinajstić information content (AvgIpc) is 2.36. The van der Waals surface area contributed by atoms with E-state index in [2.05, 4.69) is 15.0 Å². The molecule has 0 aliphatic heterocycles. The molecule has 5 nitrogen and oxygen atoms in total. The van der Waals surface area contributed by atoms with Crippen molar-refractivity contribution in [2.45, 2.75) is 30.8 Å². The van der Waals surface area contributed by atoms with E-state index in [1.165, 1.54) is 18.0 Å². The zero-order chi connectivity index (χ0) is 14.0. The first-order valence-corrected chi connectivity index (χ1v) is 6.47. The van der Waals surface area contributed by atoms with Gasteiger partial charge in [-0.25, -0.2) is 14.8 Å². The third kappa shape index (κ3) is 2.90. The summed E-state index contributed by atoms with van der Waals surface area (Å²) in [6.45, 7) is 5.80. The second kappa shape index (κ2) is 5.36. The number of carboxylic acids is 1.